The van der Waals surface area contributed by atoms with Gasteiger partial charge in [-0.25, -0.2) is 0 Å². The van der Waals surface area contributed by atoms with Crippen LogP contribution in [0.4, 0.5) is 0 Å². The van der Waals surface area contributed by atoms with Crippen molar-refractivity contribution in [2.45, 2.75) is 13.8 Å². The van der Waals surface area contributed by atoms with Crippen molar-refractivity contribution >= 4 is 11.6 Å². The number of hydrogen-bond donors (Lipinski definition) is 4. The van der Waals surface area contributed by atoms with Crippen molar-refractivity contribution < 1.29 is 56.2 Å². The molecule has 0 bridgehead atoms. The quantitative estimate of drug-likeness (QED) is 0.459. The Bertz CT molecular complexity index is 650. The second kappa shape index (κ2) is 9.10. The van der Waals surface area contributed by atoms with E-state index in [1.807, 2.05) is 0 Å². The zero-order chi connectivity index (χ0) is 16.9. The van der Waals surface area contributed by atoms with Gasteiger partial charge in [0.1, 0.15) is 0 Å². The third-order valence-corrected chi connectivity index (χ3v) is 2.76. The van der Waals surface area contributed by atoms with Gasteiger partial charge in [-0.3, -0.25) is 9.59 Å². The van der Waals surface area contributed by atoms with Crippen LogP contribution in [0.1, 0.15) is 34.6 Å². The van der Waals surface area contributed by atoms with Crippen LogP contribution in [0.15, 0.2) is 36.4 Å². The molecule has 0 heterocycles. The van der Waals surface area contributed by atoms with E-state index in [4.69, 9.17) is 20.4 Å². The van der Waals surface area contributed by atoms with Gasteiger partial charge in [-0.15, -0.1) is 0 Å². The fourth-order valence-corrected chi connectivity index (χ4v) is 1.48. The summed E-state index contributed by atoms with van der Waals surface area (Å²) in [5, 5.41) is 35.6. The van der Waals surface area contributed by atoms with Crippen LogP contribution < -0.4 is 0 Å². The monoisotopic (exact) mass is 394 g/mol. The van der Waals surface area contributed by atoms with E-state index in [0.717, 1.165) is 0 Å². The number of rotatable bonds is 2. The Hall–Kier alpha value is -2.14. The summed E-state index contributed by atoms with van der Waals surface area (Å²) in [5.74, 6) is -1.24. The van der Waals surface area contributed by atoms with Crippen molar-refractivity contribution in [3.63, 3.8) is 0 Å². The first kappa shape index (κ1) is 20.9. The zero-order valence-electron chi connectivity index (χ0n) is 12.6. The van der Waals surface area contributed by atoms with E-state index in [9.17, 15) is 9.59 Å². The summed E-state index contributed by atoms with van der Waals surface area (Å²) in [6, 6.07) is 7.95. The summed E-state index contributed by atoms with van der Waals surface area (Å²) in [6.07, 6.45) is 0. The van der Waals surface area contributed by atoms with Crippen LogP contribution in [0.2, 0.25) is 0 Å². The maximum atomic E-state index is 10.7. The molecule has 2 aromatic rings. The summed E-state index contributed by atoms with van der Waals surface area (Å²) in [7, 11) is 0. The number of aromatic hydroxyl groups is 4. The van der Waals surface area contributed by atoms with Crippen molar-refractivity contribution in [3.8, 4) is 23.0 Å². The molecule has 7 heteroatoms. The molecule has 0 atom stereocenters. The summed E-state index contributed by atoms with van der Waals surface area (Å²) < 4.78 is 0. The maximum Gasteiger partial charge on any atom is 0.159 e. The molecular weight excluding hydrogens is 379 g/mol. The van der Waals surface area contributed by atoms with Crippen LogP contribution in [0, 0.1) is 0 Å². The van der Waals surface area contributed by atoms with Gasteiger partial charge in [0.2, 0.25) is 0 Å². The minimum atomic E-state index is -0.266. The number of benzene rings is 2. The van der Waals surface area contributed by atoms with E-state index in [1.54, 1.807) is 0 Å². The third-order valence-electron chi connectivity index (χ3n) is 2.76. The number of ketones is 2. The molecule has 0 saturated heterocycles. The number of Topliss-reactive ketones (excluding diaryl/α,β-unsaturated/α-hetero) is 2. The number of phenols is 4. The molecule has 2 aromatic carbocycles. The number of hydrogen-bond acceptors (Lipinski definition) is 6. The molecule has 0 amide bonds. The fraction of sp³-hybridized carbons (Fsp3) is 0.125. The first-order valence-electron chi connectivity index (χ1n) is 6.28. The fourth-order valence-electron chi connectivity index (χ4n) is 1.48. The van der Waals surface area contributed by atoms with Gasteiger partial charge in [0.25, 0.3) is 0 Å². The van der Waals surface area contributed by atoms with E-state index < -0.39 is 0 Å². The van der Waals surface area contributed by atoms with Gasteiger partial charge in [-0.05, 0) is 50.2 Å². The van der Waals surface area contributed by atoms with Crippen molar-refractivity contribution in [1.82, 2.24) is 0 Å². The van der Waals surface area contributed by atoms with Crippen molar-refractivity contribution in [2.24, 2.45) is 0 Å². The van der Waals surface area contributed by atoms with Gasteiger partial charge >= 0.3 is 0 Å². The molecule has 0 aliphatic heterocycles. The molecule has 0 aliphatic carbocycles. The first-order chi connectivity index (χ1) is 10.2. The van der Waals surface area contributed by atoms with Gasteiger partial charge in [0.05, 0.1) is 0 Å². The zero-order valence-corrected chi connectivity index (χ0v) is 15.0. The molecular formula is C16H16O6Zr. The molecule has 0 radical (unpaired) electrons. The average molecular weight is 396 g/mol. The predicted octanol–water partition coefficient (Wildman–Crippen LogP) is 2.60. The minimum absolute atomic E-state index is 0. The van der Waals surface area contributed by atoms with Gasteiger partial charge < -0.3 is 20.4 Å². The Labute approximate surface area is 152 Å². The standard InChI is InChI=1S/2C8H8O3.Zr/c2*1-5(9)6-2-3-7(10)8(11)4-6;/h2*2-4,10-11H,1H3;. The minimum Gasteiger partial charge on any atom is -0.504 e. The van der Waals surface area contributed by atoms with Crippen LogP contribution in [0.25, 0.3) is 0 Å². The molecule has 23 heavy (non-hydrogen) atoms. The molecule has 0 spiro atoms. The van der Waals surface area contributed by atoms with Gasteiger partial charge in [0.15, 0.2) is 34.6 Å². The normalized spacial score (nSPS) is 9.13. The Morgan fingerprint density at radius 3 is 1.17 bits per heavy atom. The topological polar surface area (TPSA) is 115 Å². The Morgan fingerprint density at radius 2 is 0.957 bits per heavy atom. The second-order valence-corrected chi connectivity index (χ2v) is 4.52. The van der Waals surface area contributed by atoms with E-state index in [0.29, 0.717) is 11.1 Å². The largest absolute Gasteiger partial charge is 0.504 e. The van der Waals surface area contributed by atoms with Crippen molar-refractivity contribution in [3.05, 3.63) is 47.5 Å². The van der Waals surface area contributed by atoms with Crippen LogP contribution in [-0.2, 0) is 26.2 Å². The van der Waals surface area contributed by atoms with Gasteiger partial charge in [0, 0.05) is 37.3 Å². The van der Waals surface area contributed by atoms with Crippen LogP contribution in [0.3, 0.4) is 0 Å². The SMILES string of the molecule is CC(=O)c1ccc(O)c(O)c1.CC(=O)c1ccc(O)c(O)c1.[Zr]. The van der Waals surface area contributed by atoms with E-state index >= 15 is 0 Å². The predicted molar refractivity (Wildman–Crippen MR) is 79.6 cm³/mol. The Morgan fingerprint density at radius 1 is 0.652 bits per heavy atom. The summed E-state index contributed by atoms with van der Waals surface area (Å²) in [5.41, 5.74) is 0.778. The Balaban J connectivity index is 0.000000403. The van der Waals surface area contributed by atoms with E-state index in [1.165, 1.54) is 50.2 Å². The first-order valence-corrected chi connectivity index (χ1v) is 6.28. The molecule has 0 unspecified atom stereocenters. The second-order valence-electron chi connectivity index (χ2n) is 4.52. The molecule has 0 aliphatic rings. The molecule has 120 valence electrons. The molecule has 0 aromatic heterocycles. The smallest absolute Gasteiger partial charge is 0.159 e. The van der Waals surface area contributed by atoms with E-state index in [2.05, 4.69) is 0 Å². The third kappa shape index (κ3) is 6.24. The van der Waals surface area contributed by atoms with Crippen LogP contribution in [-0.4, -0.2) is 32.0 Å². The molecule has 4 N–H and O–H groups in total. The van der Waals surface area contributed by atoms with Gasteiger partial charge in [-0.2, -0.15) is 0 Å². The molecule has 6 nitrogen and oxygen atoms in total. The van der Waals surface area contributed by atoms with Crippen molar-refractivity contribution in [1.29, 1.82) is 0 Å². The average Bonchev–Trinajstić information content (AvgIpc) is 2.45. The summed E-state index contributed by atoms with van der Waals surface area (Å²) in [6.45, 7) is 2.79. The molecule has 0 fully saturated rings. The van der Waals surface area contributed by atoms with Crippen LogP contribution in [0.5, 0.6) is 23.0 Å². The number of carbonyl (C=O) groups excluding carboxylic acids is 2. The summed E-state index contributed by atoms with van der Waals surface area (Å²) in [4.78, 5) is 21.4. The molecule has 2 rings (SSSR count). The van der Waals surface area contributed by atoms with Gasteiger partial charge in [-0.1, -0.05) is 0 Å². The maximum absolute atomic E-state index is 10.7. The molecule has 0 saturated carbocycles. The van der Waals surface area contributed by atoms with Crippen LogP contribution >= 0.6 is 0 Å². The number of phenolic OH excluding ortho intramolecular Hbond substituents is 4. The Kier molecular flexibility index (Phi) is 8.26. The van der Waals surface area contributed by atoms with E-state index in [-0.39, 0.29) is 60.8 Å². The van der Waals surface area contributed by atoms with Crippen molar-refractivity contribution in [2.75, 3.05) is 0 Å². The number of carbonyl (C=O) groups is 2. The summed E-state index contributed by atoms with van der Waals surface area (Å²) >= 11 is 0.